The second-order valence-electron chi connectivity index (χ2n) is 4.36. The van der Waals surface area contributed by atoms with Gasteiger partial charge in [0.1, 0.15) is 6.54 Å². The van der Waals surface area contributed by atoms with Gasteiger partial charge >= 0.3 is 5.76 Å². The SMILES string of the molecule is O=C(Cn1nc(-c2cccs2)oc1=O)Nc1ccc(Cl)cc1. The van der Waals surface area contributed by atoms with Crippen LogP contribution < -0.4 is 11.1 Å². The van der Waals surface area contributed by atoms with Crippen molar-refractivity contribution in [1.82, 2.24) is 9.78 Å². The zero-order valence-corrected chi connectivity index (χ0v) is 12.7. The summed E-state index contributed by atoms with van der Waals surface area (Å²) in [7, 11) is 0. The van der Waals surface area contributed by atoms with Crippen LogP contribution in [0.1, 0.15) is 0 Å². The van der Waals surface area contributed by atoms with Gasteiger partial charge in [-0.3, -0.25) is 4.79 Å². The number of anilines is 1. The lowest BCUT2D eigenvalue weighted by Gasteiger charge is -2.04. The Bertz CT molecular complexity index is 837. The molecule has 0 atom stereocenters. The molecular formula is C14H10ClN3O3S. The molecule has 0 saturated heterocycles. The normalized spacial score (nSPS) is 10.6. The molecule has 1 aromatic carbocycles. The van der Waals surface area contributed by atoms with E-state index in [9.17, 15) is 9.59 Å². The highest BCUT2D eigenvalue weighted by Gasteiger charge is 2.13. The molecule has 0 bridgehead atoms. The van der Waals surface area contributed by atoms with Crippen LogP contribution in [-0.2, 0) is 11.3 Å². The van der Waals surface area contributed by atoms with Crippen molar-refractivity contribution in [3.05, 3.63) is 57.4 Å². The first-order valence-electron chi connectivity index (χ1n) is 6.29. The fraction of sp³-hybridized carbons (Fsp3) is 0.0714. The van der Waals surface area contributed by atoms with Crippen LogP contribution in [0.4, 0.5) is 5.69 Å². The first kappa shape index (κ1) is 14.6. The van der Waals surface area contributed by atoms with Crippen LogP contribution in [0.3, 0.4) is 0 Å². The minimum atomic E-state index is -0.672. The molecule has 0 unspecified atom stereocenters. The van der Waals surface area contributed by atoms with Crippen molar-refractivity contribution in [1.29, 1.82) is 0 Å². The smallest absolute Gasteiger partial charge is 0.387 e. The fourth-order valence-electron chi connectivity index (χ4n) is 1.78. The maximum atomic E-state index is 11.9. The average Bonchev–Trinajstić information content (AvgIpc) is 3.12. The van der Waals surface area contributed by atoms with Crippen LogP contribution in [0.2, 0.25) is 5.02 Å². The Kier molecular flexibility index (Phi) is 4.08. The highest BCUT2D eigenvalue weighted by molar-refractivity contribution is 7.13. The predicted molar refractivity (Wildman–Crippen MR) is 84.2 cm³/mol. The maximum absolute atomic E-state index is 11.9. The van der Waals surface area contributed by atoms with Crippen LogP contribution in [-0.4, -0.2) is 15.7 Å². The first-order valence-corrected chi connectivity index (χ1v) is 7.55. The number of benzene rings is 1. The van der Waals surface area contributed by atoms with E-state index in [4.69, 9.17) is 16.0 Å². The molecule has 0 fully saturated rings. The van der Waals surface area contributed by atoms with Crippen molar-refractivity contribution >= 4 is 34.5 Å². The molecule has 22 heavy (non-hydrogen) atoms. The molecule has 8 heteroatoms. The molecule has 1 amide bonds. The second kappa shape index (κ2) is 6.17. The van der Waals surface area contributed by atoms with E-state index in [1.807, 2.05) is 11.4 Å². The molecule has 2 aromatic heterocycles. The molecule has 3 rings (SSSR count). The van der Waals surface area contributed by atoms with E-state index in [1.54, 1.807) is 30.3 Å². The van der Waals surface area contributed by atoms with E-state index in [0.717, 1.165) is 9.56 Å². The first-order chi connectivity index (χ1) is 10.6. The lowest BCUT2D eigenvalue weighted by Crippen LogP contribution is -2.25. The summed E-state index contributed by atoms with van der Waals surface area (Å²) in [4.78, 5) is 24.4. The highest BCUT2D eigenvalue weighted by atomic mass is 35.5. The number of hydrogen-bond acceptors (Lipinski definition) is 5. The lowest BCUT2D eigenvalue weighted by molar-refractivity contribution is -0.117. The van der Waals surface area contributed by atoms with Gasteiger partial charge in [-0.2, -0.15) is 4.68 Å². The Morgan fingerprint density at radius 2 is 2.09 bits per heavy atom. The van der Waals surface area contributed by atoms with E-state index in [1.165, 1.54) is 11.3 Å². The Balaban J connectivity index is 1.71. The third-order valence-corrected chi connectivity index (χ3v) is 3.87. The van der Waals surface area contributed by atoms with E-state index >= 15 is 0 Å². The van der Waals surface area contributed by atoms with Gasteiger partial charge < -0.3 is 9.73 Å². The van der Waals surface area contributed by atoms with Crippen molar-refractivity contribution < 1.29 is 9.21 Å². The average molecular weight is 336 g/mol. The molecule has 0 aliphatic heterocycles. The van der Waals surface area contributed by atoms with Crippen LogP contribution in [0.25, 0.3) is 10.8 Å². The number of aromatic nitrogens is 2. The number of thiophene rings is 1. The molecule has 1 N–H and O–H groups in total. The molecule has 0 spiro atoms. The van der Waals surface area contributed by atoms with Crippen molar-refractivity contribution in [2.24, 2.45) is 0 Å². The number of nitrogens with one attached hydrogen (secondary N) is 1. The number of amides is 1. The van der Waals surface area contributed by atoms with Gasteiger partial charge in [0.15, 0.2) is 0 Å². The lowest BCUT2D eigenvalue weighted by atomic mass is 10.3. The number of rotatable bonds is 4. The van der Waals surface area contributed by atoms with Crippen molar-refractivity contribution in [2.45, 2.75) is 6.54 Å². The number of hydrogen-bond donors (Lipinski definition) is 1. The number of nitrogens with zero attached hydrogens (tertiary/aromatic N) is 2. The summed E-state index contributed by atoms with van der Waals surface area (Å²) >= 11 is 7.17. The van der Waals surface area contributed by atoms with E-state index in [0.29, 0.717) is 10.7 Å². The molecule has 112 valence electrons. The molecular weight excluding hydrogens is 326 g/mol. The van der Waals surface area contributed by atoms with Gasteiger partial charge in [-0.25, -0.2) is 4.79 Å². The van der Waals surface area contributed by atoms with E-state index < -0.39 is 5.76 Å². The topological polar surface area (TPSA) is 77.1 Å². The molecule has 0 saturated carbocycles. The minimum Gasteiger partial charge on any atom is -0.387 e. The second-order valence-corrected chi connectivity index (χ2v) is 5.75. The zero-order valence-electron chi connectivity index (χ0n) is 11.2. The van der Waals surface area contributed by atoms with Crippen molar-refractivity contribution in [3.63, 3.8) is 0 Å². The summed E-state index contributed by atoms with van der Waals surface area (Å²) in [5.41, 5.74) is 0.587. The molecule has 2 heterocycles. The summed E-state index contributed by atoms with van der Waals surface area (Å²) in [6.45, 7) is -0.226. The Hall–Kier alpha value is -2.38. The van der Waals surface area contributed by atoms with Gasteiger partial charge in [-0.05, 0) is 35.7 Å². The predicted octanol–water partition coefficient (Wildman–Crippen LogP) is 2.86. The third kappa shape index (κ3) is 3.26. The Labute approximate surface area is 134 Å². The third-order valence-electron chi connectivity index (χ3n) is 2.76. The van der Waals surface area contributed by atoms with Gasteiger partial charge in [-0.15, -0.1) is 16.4 Å². The molecule has 3 aromatic rings. The Morgan fingerprint density at radius 3 is 2.77 bits per heavy atom. The summed E-state index contributed by atoms with van der Waals surface area (Å²) in [5, 5.41) is 9.09. The van der Waals surface area contributed by atoms with Crippen molar-refractivity contribution in [3.8, 4) is 10.8 Å². The fourth-order valence-corrected chi connectivity index (χ4v) is 2.55. The largest absolute Gasteiger partial charge is 0.437 e. The van der Waals surface area contributed by atoms with Crippen LogP contribution in [0, 0.1) is 0 Å². The van der Waals surface area contributed by atoms with Gasteiger partial charge in [-0.1, -0.05) is 17.7 Å². The number of carbonyl (C=O) groups is 1. The summed E-state index contributed by atoms with van der Waals surface area (Å²) < 4.78 is 6.02. The molecule has 6 nitrogen and oxygen atoms in total. The van der Waals surface area contributed by atoms with E-state index in [-0.39, 0.29) is 18.3 Å². The maximum Gasteiger partial charge on any atom is 0.437 e. The monoisotopic (exact) mass is 335 g/mol. The minimum absolute atomic E-state index is 0.208. The van der Waals surface area contributed by atoms with Gasteiger partial charge in [0, 0.05) is 10.7 Å². The summed E-state index contributed by atoms with van der Waals surface area (Å²) in [6.07, 6.45) is 0. The molecule has 0 aliphatic carbocycles. The zero-order chi connectivity index (χ0) is 15.5. The van der Waals surface area contributed by atoms with Gasteiger partial charge in [0.05, 0.1) is 4.88 Å². The van der Waals surface area contributed by atoms with Crippen molar-refractivity contribution in [2.75, 3.05) is 5.32 Å². The summed E-state index contributed by atoms with van der Waals surface area (Å²) in [6, 6.07) is 10.3. The Morgan fingerprint density at radius 1 is 1.32 bits per heavy atom. The summed E-state index contributed by atoms with van der Waals surface area (Å²) in [5.74, 6) is -0.843. The number of carbonyl (C=O) groups excluding carboxylic acids is 1. The quantitative estimate of drug-likeness (QED) is 0.795. The van der Waals surface area contributed by atoms with Gasteiger partial charge in [0.25, 0.3) is 5.89 Å². The standard InChI is InChI=1S/C14H10ClN3O3S/c15-9-3-5-10(6-4-9)16-12(19)8-18-14(20)21-13(17-18)11-2-1-7-22-11/h1-7H,8H2,(H,16,19). The van der Waals surface area contributed by atoms with Gasteiger partial charge in [0.2, 0.25) is 5.91 Å². The van der Waals surface area contributed by atoms with Crippen LogP contribution in [0.15, 0.2) is 51.0 Å². The van der Waals surface area contributed by atoms with Crippen LogP contribution in [0.5, 0.6) is 0 Å². The van der Waals surface area contributed by atoms with E-state index in [2.05, 4.69) is 10.4 Å². The molecule has 0 radical (unpaired) electrons. The highest BCUT2D eigenvalue weighted by Crippen LogP contribution is 2.21. The number of halogens is 1. The molecule has 0 aliphatic rings. The van der Waals surface area contributed by atoms with Crippen LogP contribution >= 0.6 is 22.9 Å².